The number of aryl methyl sites for hydroxylation is 1. The summed E-state index contributed by atoms with van der Waals surface area (Å²) in [6, 6.07) is 0. The lowest BCUT2D eigenvalue weighted by Gasteiger charge is -2.39. The van der Waals surface area contributed by atoms with Crippen LogP contribution >= 0.6 is 0 Å². The number of aromatic amines is 1. The topological polar surface area (TPSA) is 90.9 Å². The number of nitrogens with zero attached hydrogens (tertiary/aromatic N) is 2. The van der Waals surface area contributed by atoms with Crippen molar-refractivity contribution in [3.05, 3.63) is 11.6 Å². The number of amides is 1. The predicted octanol–water partition coefficient (Wildman–Crippen LogP) is 0.784. The van der Waals surface area contributed by atoms with E-state index in [1.54, 1.807) is 6.92 Å². The summed E-state index contributed by atoms with van der Waals surface area (Å²) in [4.78, 5) is 16.0. The van der Waals surface area contributed by atoms with Gasteiger partial charge in [0.15, 0.2) is 0 Å². The molecule has 3 N–H and O–H groups in total. The summed E-state index contributed by atoms with van der Waals surface area (Å²) in [6.07, 6.45) is 3.79. The van der Waals surface area contributed by atoms with Gasteiger partial charge in [-0.25, -0.2) is 4.98 Å². The Hall–Kier alpha value is -1.43. The van der Waals surface area contributed by atoms with Crippen LogP contribution in [0.3, 0.4) is 0 Å². The van der Waals surface area contributed by atoms with Crippen molar-refractivity contribution in [1.82, 2.24) is 20.5 Å². The Morgan fingerprint density at radius 2 is 2.44 bits per heavy atom. The molecule has 1 aromatic heterocycles. The van der Waals surface area contributed by atoms with Gasteiger partial charge in [-0.3, -0.25) is 9.89 Å². The third kappa shape index (κ3) is 2.69. The van der Waals surface area contributed by atoms with E-state index in [0.717, 1.165) is 25.7 Å². The summed E-state index contributed by atoms with van der Waals surface area (Å²) in [5.41, 5.74) is -0.511. The van der Waals surface area contributed by atoms with Crippen molar-refractivity contribution in [1.29, 1.82) is 0 Å². The third-order valence-electron chi connectivity index (χ3n) is 3.57. The van der Waals surface area contributed by atoms with Crippen LogP contribution in [-0.4, -0.2) is 38.3 Å². The lowest BCUT2D eigenvalue weighted by Crippen LogP contribution is -2.54. The summed E-state index contributed by atoms with van der Waals surface area (Å²) in [5, 5.41) is 19.0. The van der Waals surface area contributed by atoms with Crippen molar-refractivity contribution in [2.24, 2.45) is 5.92 Å². The van der Waals surface area contributed by atoms with E-state index in [4.69, 9.17) is 0 Å². The Morgan fingerprint density at radius 3 is 3.00 bits per heavy atom. The second kappa shape index (κ2) is 5.06. The molecule has 0 radical (unpaired) electrons. The molecule has 1 aliphatic carbocycles. The number of aliphatic hydroxyl groups excluding tert-OH is 1. The summed E-state index contributed by atoms with van der Waals surface area (Å²) >= 11 is 0. The van der Waals surface area contributed by atoms with Crippen molar-refractivity contribution in [3.63, 3.8) is 0 Å². The first-order chi connectivity index (χ1) is 8.54. The van der Waals surface area contributed by atoms with Crippen molar-refractivity contribution < 1.29 is 9.90 Å². The normalized spacial score (nSPS) is 28.1. The van der Waals surface area contributed by atoms with Crippen molar-refractivity contribution in [2.75, 3.05) is 6.61 Å². The second-order valence-corrected chi connectivity index (χ2v) is 5.34. The van der Waals surface area contributed by atoms with E-state index in [-0.39, 0.29) is 18.3 Å². The molecule has 2 unspecified atom stereocenters. The maximum absolute atomic E-state index is 12.0. The van der Waals surface area contributed by atoms with Crippen molar-refractivity contribution >= 4 is 5.91 Å². The molecule has 0 aliphatic heterocycles. The maximum atomic E-state index is 12.0. The molecule has 2 rings (SSSR count). The van der Waals surface area contributed by atoms with Gasteiger partial charge in [0.1, 0.15) is 5.82 Å². The van der Waals surface area contributed by atoms with Gasteiger partial charge in [-0.2, -0.15) is 0 Å². The molecule has 0 bridgehead atoms. The maximum Gasteiger partial charge on any atom is 0.291 e. The van der Waals surface area contributed by atoms with Crippen LogP contribution in [0, 0.1) is 12.8 Å². The minimum Gasteiger partial charge on any atom is -0.394 e. The summed E-state index contributed by atoms with van der Waals surface area (Å²) in [7, 11) is 0. The molecule has 0 spiro atoms. The SMILES string of the molecule is Cc1nc(C(=O)NC2(CO)CCCC(C)C2)n[nH]1. The van der Waals surface area contributed by atoms with Crippen LogP contribution in [0.1, 0.15) is 49.1 Å². The van der Waals surface area contributed by atoms with Gasteiger partial charge >= 0.3 is 0 Å². The molecule has 18 heavy (non-hydrogen) atoms. The molecule has 1 heterocycles. The van der Waals surface area contributed by atoms with Gasteiger partial charge in [0, 0.05) is 0 Å². The Kier molecular flexibility index (Phi) is 3.65. The molecule has 1 aromatic rings. The zero-order chi connectivity index (χ0) is 13.2. The average molecular weight is 252 g/mol. The fraction of sp³-hybridized carbons (Fsp3) is 0.750. The van der Waals surface area contributed by atoms with Gasteiger partial charge in [0.25, 0.3) is 5.91 Å². The van der Waals surface area contributed by atoms with Gasteiger partial charge in [-0.05, 0) is 25.7 Å². The third-order valence-corrected chi connectivity index (χ3v) is 3.57. The molecule has 0 aromatic carbocycles. The first kappa shape index (κ1) is 13.0. The van der Waals surface area contributed by atoms with Crippen molar-refractivity contribution in [2.45, 2.75) is 45.1 Å². The monoisotopic (exact) mass is 252 g/mol. The molecule has 2 atom stereocenters. The molecule has 100 valence electrons. The van der Waals surface area contributed by atoms with Crippen molar-refractivity contribution in [3.8, 4) is 0 Å². The molecule has 6 heteroatoms. The van der Waals surface area contributed by atoms with Crippen LogP contribution in [0.5, 0.6) is 0 Å². The summed E-state index contributed by atoms with van der Waals surface area (Å²) in [5.74, 6) is 0.941. The van der Waals surface area contributed by atoms with E-state index in [2.05, 4.69) is 27.4 Å². The van der Waals surface area contributed by atoms with Gasteiger partial charge in [0.2, 0.25) is 5.82 Å². The van der Waals surface area contributed by atoms with E-state index in [1.165, 1.54) is 0 Å². The number of nitrogens with one attached hydrogen (secondary N) is 2. The number of carbonyl (C=O) groups excluding carboxylic acids is 1. The van der Waals surface area contributed by atoms with Crippen LogP contribution in [0.4, 0.5) is 0 Å². The smallest absolute Gasteiger partial charge is 0.291 e. The number of hydrogen-bond donors (Lipinski definition) is 3. The van der Waals surface area contributed by atoms with E-state index in [0.29, 0.717) is 11.7 Å². The minimum absolute atomic E-state index is 0.0352. The highest BCUT2D eigenvalue weighted by Gasteiger charge is 2.36. The Bertz CT molecular complexity index is 431. The van der Waals surface area contributed by atoms with Gasteiger partial charge in [0.05, 0.1) is 12.1 Å². The summed E-state index contributed by atoms with van der Waals surface area (Å²) in [6.45, 7) is 3.85. The average Bonchev–Trinajstić information content (AvgIpc) is 2.76. The first-order valence-electron chi connectivity index (χ1n) is 6.37. The van der Waals surface area contributed by atoms with Crippen LogP contribution < -0.4 is 5.32 Å². The van der Waals surface area contributed by atoms with Crippen LogP contribution in [-0.2, 0) is 0 Å². The zero-order valence-corrected chi connectivity index (χ0v) is 10.9. The molecule has 1 amide bonds. The molecule has 0 saturated heterocycles. The number of rotatable bonds is 3. The lowest BCUT2D eigenvalue weighted by atomic mass is 9.77. The molecular formula is C12H20N4O2. The zero-order valence-electron chi connectivity index (χ0n) is 10.9. The molecule has 1 fully saturated rings. The Balaban J connectivity index is 2.08. The Morgan fingerprint density at radius 1 is 1.67 bits per heavy atom. The molecule has 1 saturated carbocycles. The fourth-order valence-corrected chi connectivity index (χ4v) is 2.70. The highest BCUT2D eigenvalue weighted by Crippen LogP contribution is 2.32. The number of hydrogen-bond acceptors (Lipinski definition) is 4. The molecule has 6 nitrogen and oxygen atoms in total. The Labute approximate surface area is 106 Å². The predicted molar refractivity (Wildman–Crippen MR) is 66.0 cm³/mol. The van der Waals surface area contributed by atoms with Gasteiger partial charge in [-0.15, -0.1) is 5.10 Å². The minimum atomic E-state index is -0.511. The van der Waals surface area contributed by atoms with E-state index in [9.17, 15) is 9.90 Å². The number of H-pyrrole nitrogens is 1. The van der Waals surface area contributed by atoms with Crippen LogP contribution in [0.2, 0.25) is 0 Å². The van der Waals surface area contributed by atoms with E-state index < -0.39 is 5.54 Å². The standard InChI is InChI=1S/C12H20N4O2/c1-8-4-3-5-12(6-8,7-17)14-11(18)10-13-9(2)15-16-10/h8,17H,3-7H2,1-2H3,(H,14,18)(H,13,15,16). The number of aromatic nitrogens is 3. The van der Waals surface area contributed by atoms with E-state index >= 15 is 0 Å². The molecule has 1 aliphatic rings. The van der Waals surface area contributed by atoms with Gasteiger partial charge < -0.3 is 10.4 Å². The van der Waals surface area contributed by atoms with Crippen LogP contribution in [0.15, 0.2) is 0 Å². The highest BCUT2D eigenvalue weighted by molar-refractivity contribution is 5.90. The van der Waals surface area contributed by atoms with E-state index in [1.807, 2.05) is 0 Å². The lowest BCUT2D eigenvalue weighted by molar-refractivity contribution is 0.0688. The largest absolute Gasteiger partial charge is 0.394 e. The van der Waals surface area contributed by atoms with Gasteiger partial charge in [-0.1, -0.05) is 19.8 Å². The molecular weight excluding hydrogens is 232 g/mol. The highest BCUT2D eigenvalue weighted by atomic mass is 16.3. The number of carbonyl (C=O) groups is 1. The first-order valence-corrected chi connectivity index (χ1v) is 6.37. The fourth-order valence-electron chi connectivity index (χ4n) is 2.70. The second-order valence-electron chi connectivity index (χ2n) is 5.34. The quantitative estimate of drug-likeness (QED) is 0.741. The van der Waals surface area contributed by atoms with Crippen LogP contribution in [0.25, 0.3) is 0 Å². The summed E-state index contributed by atoms with van der Waals surface area (Å²) < 4.78 is 0. The number of aliphatic hydroxyl groups is 1.